The zero-order valence-electron chi connectivity index (χ0n) is 14.2. The highest BCUT2D eigenvalue weighted by molar-refractivity contribution is 5.88. The van der Waals surface area contributed by atoms with Crippen LogP contribution in [-0.2, 0) is 25.5 Å². The van der Waals surface area contributed by atoms with Gasteiger partial charge in [-0.3, -0.25) is 14.4 Å². The summed E-state index contributed by atoms with van der Waals surface area (Å²) in [4.78, 5) is 36.9. The van der Waals surface area contributed by atoms with Crippen molar-refractivity contribution in [2.75, 3.05) is 25.0 Å². The Balaban J connectivity index is 1.83. The van der Waals surface area contributed by atoms with E-state index in [4.69, 9.17) is 4.74 Å². The van der Waals surface area contributed by atoms with Crippen LogP contribution < -0.4 is 5.32 Å². The first-order chi connectivity index (χ1) is 11.5. The summed E-state index contributed by atoms with van der Waals surface area (Å²) in [6.45, 7) is 4.83. The van der Waals surface area contributed by atoms with Crippen LogP contribution in [0.1, 0.15) is 32.3 Å². The Morgan fingerprint density at radius 2 is 1.79 bits per heavy atom. The molecule has 0 radical (unpaired) electrons. The summed E-state index contributed by atoms with van der Waals surface area (Å²) in [5.74, 6) is -0.308. The summed E-state index contributed by atoms with van der Waals surface area (Å²) in [6.07, 6.45) is 1.64. The number of benzene rings is 1. The van der Waals surface area contributed by atoms with E-state index in [1.165, 1.54) is 6.92 Å². The van der Waals surface area contributed by atoms with Gasteiger partial charge in [-0.05, 0) is 37.5 Å². The molecule has 2 amide bonds. The molecular formula is C18H24N2O4. The Labute approximate surface area is 142 Å². The predicted molar refractivity (Wildman–Crippen MR) is 90.4 cm³/mol. The third kappa shape index (κ3) is 5.08. The zero-order chi connectivity index (χ0) is 17.5. The number of carbonyl (C=O) groups is 3. The van der Waals surface area contributed by atoms with Gasteiger partial charge in [0, 0.05) is 25.7 Å². The molecule has 0 unspecified atom stereocenters. The van der Waals surface area contributed by atoms with Gasteiger partial charge in [0.25, 0.3) is 0 Å². The molecule has 1 N–H and O–H groups in total. The van der Waals surface area contributed by atoms with Gasteiger partial charge in [-0.25, -0.2) is 0 Å². The van der Waals surface area contributed by atoms with Gasteiger partial charge in [-0.15, -0.1) is 0 Å². The lowest BCUT2D eigenvalue weighted by molar-refractivity contribution is -0.151. The Hall–Kier alpha value is -2.37. The number of amides is 2. The molecular weight excluding hydrogens is 308 g/mol. The smallest absolute Gasteiger partial charge is 0.309 e. The Bertz CT molecular complexity index is 590. The first-order valence-corrected chi connectivity index (χ1v) is 8.30. The molecule has 1 aromatic rings. The Kier molecular flexibility index (Phi) is 6.35. The van der Waals surface area contributed by atoms with E-state index >= 15 is 0 Å². The third-order valence-electron chi connectivity index (χ3n) is 4.10. The summed E-state index contributed by atoms with van der Waals surface area (Å²) < 4.78 is 5.04. The molecule has 0 atom stereocenters. The van der Waals surface area contributed by atoms with Gasteiger partial charge in [0.1, 0.15) is 0 Å². The van der Waals surface area contributed by atoms with E-state index in [0.717, 1.165) is 5.56 Å². The lowest BCUT2D eigenvalue weighted by Gasteiger charge is -2.31. The monoisotopic (exact) mass is 332 g/mol. The summed E-state index contributed by atoms with van der Waals surface area (Å²) in [5, 5.41) is 2.70. The van der Waals surface area contributed by atoms with E-state index in [-0.39, 0.29) is 23.7 Å². The average molecular weight is 332 g/mol. The van der Waals surface area contributed by atoms with Crippen LogP contribution in [-0.4, -0.2) is 42.4 Å². The molecule has 0 saturated carbocycles. The Morgan fingerprint density at radius 1 is 1.17 bits per heavy atom. The minimum absolute atomic E-state index is 0.0598. The number of esters is 1. The summed E-state index contributed by atoms with van der Waals surface area (Å²) in [6, 6.07) is 7.26. The maximum absolute atomic E-state index is 12.4. The second kappa shape index (κ2) is 8.47. The van der Waals surface area contributed by atoms with E-state index in [1.807, 2.05) is 12.1 Å². The van der Waals surface area contributed by atoms with Crippen molar-refractivity contribution in [2.24, 2.45) is 5.92 Å². The number of hydrogen-bond donors (Lipinski definition) is 1. The number of nitrogens with one attached hydrogen (secondary N) is 1. The Morgan fingerprint density at radius 3 is 2.33 bits per heavy atom. The van der Waals surface area contributed by atoms with Crippen molar-refractivity contribution >= 4 is 23.5 Å². The van der Waals surface area contributed by atoms with Gasteiger partial charge < -0.3 is 15.0 Å². The van der Waals surface area contributed by atoms with E-state index in [9.17, 15) is 14.4 Å². The third-order valence-corrected chi connectivity index (χ3v) is 4.10. The van der Waals surface area contributed by atoms with Crippen LogP contribution in [0.15, 0.2) is 24.3 Å². The van der Waals surface area contributed by atoms with Crippen LogP contribution in [0, 0.1) is 5.92 Å². The van der Waals surface area contributed by atoms with Gasteiger partial charge in [0.2, 0.25) is 11.8 Å². The van der Waals surface area contributed by atoms with Gasteiger partial charge in [-0.1, -0.05) is 12.1 Å². The number of carbonyl (C=O) groups excluding carboxylic acids is 3. The van der Waals surface area contributed by atoms with E-state index in [1.54, 1.807) is 24.0 Å². The minimum Gasteiger partial charge on any atom is -0.466 e. The summed E-state index contributed by atoms with van der Waals surface area (Å²) in [7, 11) is 0. The van der Waals surface area contributed by atoms with Crippen LogP contribution in [0.4, 0.5) is 5.69 Å². The molecule has 6 heteroatoms. The molecule has 0 spiro atoms. The molecule has 24 heavy (non-hydrogen) atoms. The molecule has 0 aliphatic carbocycles. The van der Waals surface area contributed by atoms with Crippen LogP contribution in [0.3, 0.4) is 0 Å². The van der Waals surface area contributed by atoms with E-state index < -0.39 is 0 Å². The van der Waals surface area contributed by atoms with Crippen LogP contribution >= 0.6 is 0 Å². The molecule has 1 aliphatic rings. The number of ether oxygens (including phenoxy) is 1. The lowest BCUT2D eigenvalue weighted by Crippen LogP contribution is -2.41. The van der Waals surface area contributed by atoms with Crippen LogP contribution in [0.2, 0.25) is 0 Å². The number of piperidine rings is 1. The fourth-order valence-corrected chi connectivity index (χ4v) is 2.82. The highest BCUT2D eigenvalue weighted by atomic mass is 16.5. The second-order valence-corrected chi connectivity index (χ2v) is 5.96. The molecule has 0 aromatic heterocycles. The largest absolute Gasteiger partial charge is 0.466 e. The predicted octanol–water partition coefficient (Wildman–Crippen LogP) is 1.99. The molecule has 1 aliphatic heterocycles. The topological polar surface area (TPSA) is 75.7 Å². The highest BCUT2D eigenvalue weighted by Crippen LogP contribution is 2.20. The van der Waals surface area contributed by atoms with Crippen molar-refractivity contribution in [3.63, 3.8) is 0 Å². The van der Waals surface area contributed by atoms with Gasteiger partial charge >= 0.3 is 5.97 Å². The first-order valence-electron chi connectivity index (χ1n) is 8.30. The van der Waals surface area contributed by atoms with Gasteiger partial charge in [0.15, 0.2) is 0 Å². The molecule has 6 nitrogen and oxygen atoms in total. The van der Waals surface area contributed by atoms with Crippen LogP contribution in [0.5, 0.6) is 0 Å². The zero-order valence-corrected chi connectivity index (χ0v) is 14.2. The lowest BCUT2D eigenvalue weighted by atomic mass is 9.96. The number of likely N-dealkylation sites (tertiary alicyclic amines) is 1. The van der Waals surface area contributed by atoms with E-state index in [0.29, 0.717) is 44.6 Å². The summed E-state index contributed by atoms with van der Waals surface area (Å²) in [5.41, 5.74) is 1.62. The maximum atomic E-state index is 12.4. The summed E-state index contributed by atoms with van der Waals surface area (Å²) >= 11 is 0. The molecule has 130 valence electrons. The highest BCUT2D eigenvalue weighted by Gasteiger charge is 2.28. The van der Waals surface area contributed by atoms with Crippen molar-refractivity contribution in [1.82, 2.24) is 4.90 Å². The number of nitrogens with zero attached hydrogens (tertiary/aromatic N) is 1. The van der Waals surface area contributed by atoms with Crippen molar-refractivity contribution in [1.29, 1.82) is 0 Å². The fourth-order valence-electron chi connectivity index (χ4n) is 2.82. The van der Waals surface area contributed by atoms with Crippen molar-refractivity contribution in [3.05, 3.63) is 29.8 Å². The fraction of sp³-hybridized carbons (Fsp3) is 0.500. The second-order valence-electron chi connectivity index (χ2n) is 5.96. The molecule has 0 bridgehead atoms. The van der Waals surface area contributed by atoms with Crippen molar-refractivity contribution in [2.45, 2.75) is 33.1 Å². The standard InChI is InChI=1S/C18H24N2O4/c1-3-24-18(23)15-8-10-20(11-9-15)17(22)12-14-4-6-16(7-5-14)19-13(2)21/h4-7,15H,3,8-12H2,1-2H3,(H,19,21). The average Bonchev–Trinajstić information content (AvgIpc) is 2.56. The molecule has 1 heterocycles. The quantitative estimate of drug-likeness (QED) is 0.837. The van der Waals surface area contributed by atoms with E-state index in [2.05, 4.69) is 5.32 Å². The van der Waals surface area contributed by atoms with Crippen molar-refractivity contribution < 1.29 is 19.1 Å². The van der Waals surface area contributed by atoms with Gasteiger partial charge in [-0.2, -0.15) is 0 Å². The molecule has 1 fully saturated rings. The SMILES string of the molecule is CCOC(=O)C1CCN(C(=O)Cc2ccc(NC(C)=O)cc2)CC1. The normalized spacial score (nSPS) is 15.0. The number of rotatable bonds is 5. The minimum atomic E-state index is -0.154. The first kappa shape index (κ1) is 18.0. The van der Waals surface area contributed by atoms with Crippen molar-refractivity contribution in [3.8, 4) is 0 Å². The molecule has 2 rings (SSSR count). The molecule has 1 aromatic carbocycles. The maximum Gasteiger partial charge on any atom is 0.309 e. The molecule has 1 saturated heterocycles. The number of hydrogen-bond acceptors (Lipinski definition) is 4. The van der Waals surface area contributed by atoms with Crippen LogP contribution in [0.25, 0.3) is 0 Å². The number of anilines is 1. The van der Waals surface area contributed by atoms with Gasteiger partial charge in [0.05, 0.1) is 18.9 Å².